The fraction of sp³-hybridized carbons (Fsp3) is 0.231. The van der Waals surface area contributed by atoms with E-state index < -0.39 is 0 Å². The number of aromatic nitrogens is 2. The zero-order chi connectivity index (χ0) is 21.6. The molecule has 2 aromatic carbocycles. The molecule has 0 aliphatic carbocycles. The monoisotopic (exact) mass is 429 g/mol. The van der Waals surface area contributed by atoms with Crippen LogP contribution in [-0.4, -0.2) is 21.2 Å². The first-order valence-corrected chi connectivity index (χ1v) is 11.7. The molecule has 2 aromatic heterocycles. The van der Waals surface area contributed by atoms with E-state index in [2.05, 4.69) is 27.9 Å². The van der Waals surface area contributed by atoms with Gasteiger partial charge in [-0.2, -0.15) is 0 Å². The predicted molar refractivity (Wildman–Crippen MR) is 130 cm³/mol. The molecule has 0 bridgehead atoms. The van der Waals surface area contributed by atoms with Crippen LogP contribution >= 0.6 is 11.8 Å². The molecule has 5 heteroatoms. The largest absolute Gasteiger partial charge is 0.350 e. The van der Waals surface area contributed by atoms with Gasteiger partial charge >= 0.3 is 0 Å². The first kappa shape index (κ1) is 21.2. The summed E-state index contributed by atoms with van der Waals surface area (Å²) in [7, 11) is 0. The van der Waals surface area contributed by atoms with Crippen LogP contribution in [0.3, 0.4) is 0 Å². The summed E-state index contributed by atoms with van der Waals surface area (Å²) in [6, 6.07) is 18.0. The van der Waals surface area contributed by atoms with E-state index in [1.807, 2.05) is 85.8 Å². The molecule has 1 N–H and O–H groups in total. The summed E-state index contributed by atoms with van der Waals surface area (Å²) in [5, 5.41) is 4.13. The maximum atomic E-state index is 12.8. The minimum absolute atomic E-state index is 0.100. The minimum atomic E-state index is -0.100. The van der Waals surface area contributed by atoms with Crippen molar-refractivity contribution < 1.29 is 4.79 Å². The molecule has 31 heavy (non-hydrogen) atoms. The summed E-state index contributed by atoms with van der Waals surface area (Å²) in [6.07, 6.45) is 8.41. The molecule has 0 unspecified atom stereocenters. The molecule has 0 aliphatic rings. The minimum Gasteiger partial charge on any atom is -0.350 e. The quantitative estimate of drug-likeness (QED) is 0.256. The van der Waals surface area contributed by atoms with Gasteiger partial charge < -0.3 is 9.88 Å². The van der Waals surface area contributed by atoms with Crippen LogP contribution < -0.4 is 5.32 Å². The molecule has 1 amide bonds. The van der Waals surface area contributed by atoms with Crippen molar-refractivity contribution in [3.8, 4) is 0 Å². The predicted octanol–water partition coefficient (Wildman–Crippen LogP) is 6.54. The Balaban J connectivity index is 1.47. The maximum absolute atomic E-state index is 12.8. The van der Waals surface area contributed by atoms with E-state index in [4.69, 9.17) is 0 Å². The normalized spacial score (nSPS) is 11.0. The number of carbonyl (C=O) groups is 1. The molecular weight excluding hydrogens is 402 g/mol. The lowest BCUT2D eigenvalue weighted by molar-refractivity contribution is 0.102. The molecule has 4 aromatic rings. The second-order valence-corrected chi connectivity index (χ2v) is 8.86. The molecular formula is C26H27N3OS. The first-order chi connectivity index (χ1) is 15.1. The Morgan fingerprint density at radius 1 is 1.10 bits per heavy atom. The van der Waals surface area contributed by atoms with Gasteiger partial charge in [-0.25, -0.2) is 0 Å². The van der Waals surface area contributed by atoms with Crippen molar-refractivity contribution >= 4 is 34.3 Å². The van der Waals surface area contributed by atoms with Gasteiger partial charge in [0.1, 0.15) is 0 Å². The van der Waals surface area contributed by atoms with Gasteiger partial charge in [0.15, 0.2) is 0 Å². The number of hydrogen-bond acceptors (Lipinski definition) is 3. The highest BCUT2D eigenvalue weighted by atomic mass is 32.2. The number of nitrogens with one attached hydrogen (secondary N) is 1. The summed E-state index contributed by atoms with van der Waals surface area (Å²) in [4.78, 5) is 18.6. The van der Waals surface area contributed by atoms with Gasteiger partial charge in [0.25, 0.3) is 5.91 Å². The van der Waals surface area contributed by atoms with Gasteiger partial charge in [0, 0.05) is 46.7 Å². The summed E-state index contributed by atoms with van der Waals surface area (Å²) < 4.78 is 2.12. The number of nitrogens with zero attached hydrogens (tertiary/aromatic N) is 2. The molecule has 0 aliphatic heterocycles. The number of unbranched alkanes of at least 4 members (excludes halogenated alkanes) is 1. The Morgan fingerprint density at radius 3 is 2.61 bits per heavy atom. The van der Waals surface area contributed by atoms with Gasteiger partial charge in [-0.3, -0.25) is 9.78 Å². The first-order valence-electron chi connectivity index (χ1n) is 10.7. The van der Waals surface area contributed by atoms with Crippen molar-refractivity contribution in [2.75, 3.05) is 11.1 Å². The molecule has 158 valence electrons. The summed E-state index contributed by atoms with van der Waals surface area (Å²) in [5.41, 5.74) is 4.50. The van der Waals surface area contributed by atoms with Crippen LogP contribution in [0.2, 0.25) is 0 Å². The molecule has 0 spiro atoms. The number of anilines is 1. The number of benzene rings is 2. The van der Waals surface area contributed by atoms with Crippen LogP contribution in [-0.2, 0) is 6.54 Å². The second kappa shape index (κ2) is 9.84. The number of amides is 1. The Hall–Kier alpha value is -3.05. The zero-order valence-corrected chi connectivity index (χ0v) is 18.8. The van der Waals surface area contributed by atoms with E-state index in [1.54, 1.807) is 0 Å². The van der Waals surface area contributed by atoms with Crippen molar-refractivity contribution in [1.29, 1.82) is 0 Å². The topological polar surface area (TPSA) is 46.9 Å². The van der Waals surface area contributed by atoms with E-state index in [1.165, 1.54) is 17.7 Å². The smallest absolute Gasteiger partial charge is 0.255 e. The number of carbonyl (C=O) groups excluding carboxylic acids is 1. The Morgan fingerprint density at radius 2 is 1.87 bits per heavy atom. The van der Waals surface area contributed by atoms with Gasteiger partial charge in [-0.05, 0) is 78.8 Å². The van der Waals surface area contributed by atoms with E-state index in [9.17, 15) is 4.79 Å². The number of hydrogen-bond donors (Lipinski definition) is 1. The van der Waals surface area contributed by atoms with Crippen LogP contribution in [0, 0.1) is 6.92 Å². The number of thioether (sulfide) groups is 1. The molecule has 0 atom stereocenters. The third kappa shape index (κ3) is 5.17. The van der Waals surface area contributed by atoms with E-state index in [0.29, 0.717) is 5.56 Å². The van der Waals surface area contributed by atoms with E-state index in [0.717, 1.165) is 40.0 Å². The summed E-state index contributed by atoms with van der Waals surface area (Å²) >= 11 is 1.83. The molecule has 0 saturated heterocycles. The average Bonchev–Trinajstić information content (AvgIpc) is 3.29. The number of aryl methyl sites for hydroxylation is 1. The number of pyridine rings is 1. The van der Waals surface area contributed by atoms with Crippen molar-refractivity contribution in [2.24, 2.45) is 0 Å². The third-order valence-electron chi connectivity index (χ3n) is 5.33. The number of fused-ring (bicyclic) bond motifs is 1. The molecule has 2 heterocycles. The van der Waals surface area contributed by atoms with E-state index >= 15 is 0 Å². The highest BCUT2D eigenvalue weighted by molar-refractivity contribution is 7.99. The lowest BCUT2D eigenvalue weighted by Gasteiger charge is -2.12. The standard InChI is InChI=1S/C26H27N3OS/c1-3-4-15-31-23-10-7-21(8-11-23)26(30)28-24-12-9-22-16-20(17-27-25(22)19(24)2)18-29-13-5-6-14-29/h5-14,16-17H,3-4,15,18H2,1-2H3,(H,28,30). The van der Waals surface area contributed by atoms with Gasteiger partial charge in [0.2, 0.25) is 0 Å². The Bertz CT molecular complexity index is 1170. The van der Waals surface area contributed by atoms with Crippen LogP contribution in [0.25, 0.3) is 10.9 Å². The van der Waals surface area contributed by atoms with Gasteiger partial charge in [-0.1, -0.05) is 19.4 Å². The second-order valence-electron chi connectivity index (χ2n) is 7.69. The Kier molecular flexibility index (Phi) is 6.73. The summed E-state index contributed by atoms with van der Waals surface area (Å²) in [6.45, 7) is 4.99. The molecule has 0 fully saturated rings. The van der Waals surface area contributed by atoms with Crippen molar-refractivity contribution in [2.45, 2.75) is 38.1 Å². The zero-order valence-electron chi connectivity index (χ0n) is 18.0. The highest BCUT2D eigenvalue weighted by Crippen LogP contribution is 2.26. The maximum Gasteiger partial charge on any atom is 0.255 e. The average molecular weight is 430 g/mol. The van der Waals surface area contributed by atoms with Crippen molar-refractivity contribution in [1.82, 2.24) is 9.55 Å². The summed E-state index contributed by atoms with van der Waals surface area (Å²) in [5.74, 6) is 1.01. The fourth-order valence-electron chi connectivity index (χ4n) is 3.53. The van der Waals surface area contributed by atoms with Crippen molar-refractivity contribution in [3.05, 3.63) is 89.9 Å². The van der Waals surface area contributed by atoms with Crippen LogP contribution in [0.1, 0.15) is 41.3 Å². The van der Waals surface area contributed by atoms with Crippen molar-refractivity contribution in [3.63, 3.8) is 0 Å². The van der Waals surface area contributed by atoms with Gasteiger partial charge in [-0.15, -0.1) is 11.8 Å². The van der Waals surface area contributed by atoms with Gasteiger partial charge in [0.05, 0.1) is 5.52 Å². The van der Waals surface area contributed by atoms with Crippen LogP contribution in [0.15, 0.2) is 78.1 Å². The molecule has 4 nitrogen and oxygen atoms in total. The van der Waals surface area contributed by atoms with Crippen LogP contribution in [0.4, 0.5) is 5.69 Å². The fourth-order valence-corrected chi connectivity index (χ4v) is 4.53. The van der Waals surface area contributed by atoms with E-state index in [-0.39, 0.29) is 5.91 Å². The highest BCUT2D eigenvalue weighted by Gasteiger charge is 2.11. The lowest BCUT2D eigenvalue weighted by Crippen LogP contribution is -2.13. The molecule has 4 rings (SSSR count). The number of rotatable bonds is 8. The van der Waals surface area contributed by atoms with Crippen LogP contribution in [0.5, 0.6) is 0 Å². The third-order valence-corrected chi connectivity index (χ3v) is 6.42. The Labute approximate surface area is 187 Å². The lowest BCUT2D eigenvalue weighted by atomic mass is 10.1. The molecule has 0 radical (unpaired) electrons. The molecule has 0 saturated carbocycles. The SMILES string of the molecule is CCCCSc1ccc(C(=O)Nc2ccc3cc(Cn4cccc4)cnc3c2C)cc1.